The van der Waals surface area contributed by atoms with Crippen LogP contribution in [-0.4, -0.2) is 39.0 Å². The van der Waals surface area contributed by atoms with E-state index in [1.165, 1.54) is 11.9 Å². The van der Waals surface area contributed by atoms with Crippen LogP contribution < -0.4 is 14.9 Å². The monoisotopic (exact) mass is 559 g/mol. The van der Waals surface area contributed by atoms with E-state index in [2.05, 4.69) is 49.6 Å². The second kappa shape index (κ2) is 10.8. The molecule has 0 radical (unpaired) electrons. The highest BCUT2D eigenvalue weighted by atomic mass is 32.2. The fraction of sp³-hybridized carbons (Fsp3) is 0.419. The highest BCUT2D eigenvalue weighted by Gasteiger charge is 2.41. The Kier molecular flexibility index (Phi) is 7.52. The summed E-state index contributed by atoms with van der Waals surface area (Å²) in [6.07, 6.45) is 2.77. The topological polar surface area (TPSA) is 107 Å². The minimum atomic E-state index is -0.938. The smallest absolute Gasteiger partial charge is 0.335 e. The lowest BCUT2D eigenvalue weighted by molar-refractivity contribution is 0.0696. The molecule has 1 saturated heterocycles. The number of carboxylic acids is 1. The van der Waals surface area contributed by atoms with Gasteiger partial charge in [0.1, 0.15) is 16.7 Å². The Hall–Kier alpha value is -3.59. The molecule has 40 heavy (non-hydrogen) atoms. The van der Waals surface area contributed by atoms with Gasteiger partial charge in [-0.3, -0.25) is 9.52 Å². The molecule has 2 atom stereocenters. The van der Waals surface area contributed by atoms with Crippen LogP contribution in [0.3, 0.4) is 0 Å². The van der Waals surface area contributed by atoms with Crippen molar-refractivity contribution in [2.45, 2.75) is 75.9 Å². The molecule has 2 aliphatic rings. The number of hydrogen-bond acceptors (Lipinski definition) is 7. The number of rotatable bonds is 2. The maximum atomic E-state index is 13.5. The van der Waals surface area contributed by atoms with Gasteiger partial charge in [0, 0.05) is 35.1 Å². The number of carboxylic acid groups (broad SMARTS) is 1. The van der Waals surface area contributed by atoms with Gasteiger partial charge in [0.25, 0.3) is 5.91 Å². The van der Waals surface area contributed by atoms with Gasteiger partial charge in [-0.05, 0) is 81.0 Å². The molecule has 3 aromatic rings. The molecule has 2 aliphatic heterocycles. The molecule has 1 unspecified atom stereocenters. The first-order valence-corrected chi connectivity index (χ1v) is 14.6. The maximum absolute atomic E-state index is 13.5. The second-order valence-electron chi connectivity index (χ2n) is 12.4. The molecule has 5 rings (SSSR count). The van der Waals surface area contributed by atoms with Gasteiger partial charge in [-0.25, -0.2) is 14.8 Å². The Balaban J connectivity index is 1.54. The summed E-state index contributed by atoms with van der Waals surface area (Å²) in [6.45, 7) is 11.7. The van der Waals surface area contributed by atoms with E-state index in [1.807, 2.05) is 42.5 Å². The van der Waals surface area contributed by atoms with E-state index < -0.39 is 5.97 Å². The number of hydrogen-bond donors (Lipinski definition) is 3. The van der Waals surface area contributed by atoms with Crippen LogP contribution in [0.15, 0.2) is 59.6 Å². The number of pyridine rings is 2. The predicted octanol–water partition coefficient (Wildman–Crippen LogP) is 6.46. The number of carbonyl (C=O) groups excluding carboxylic acids is 1. The van der Waals surface area contributed by atoms with Gasteiger partial charge >= 0.3 is 5.97 Å². The molecule has 9 heteroatoms. The van der Waals surface area contributed by atoms with Crippen molar-refractivity contribution in [3.05, 3.63) is 77.0 Å². The molecule has 8 nitrogen and oxygen atoms in total. The lowest BCUT2D eigenvalue weighted by atomic mass is 9.90. The van der Waals surface area contributed by atoms with Crippen LogP contribution in [-0.2, 0) is 5.41 Å². The Morgan fingerprint density at radius 1 is 1.05 bits per heavy atom. The van der Waals surface area contributed by atoms with Gasteiger partial charge in [-0.15, -0.1) is 0 Å². The number of nitrogens with zero attached hydrogens (tertiary/aromatic N) is 3. The van der Waals surface area contributed by atoms with Crippen molar-refractivity contribution >= 4 is 35.5 Å². The average molecular weight is 560 g/mol. The Bertz CT molecular complexity index is 1420. The highest BCUT2D eigenvalue weighted by molar-refractivity contribution is 7.97. The standard InChI is InChI=1S/C31H37N5O3S/c1-30(2,3)24-16-14-22-27(33-24)36-18-19(17-31(36,4)5)9-15-23(20-10-12-21(13-11-20)29(38)39)32-25-7-6-8-26(34-25)40-35-28(22)37/h6-8,10-14,16,19,23H,9,15,17-18H2,1-5H3,(H,32,34)(H,35,37)(H,38,39)/t19-,23?/m0/s1. The summed E-state index contributed by atoms with van der Waals surface area (Å²) in [5.41, 5.74) is 2.47. The van der Waals surface area contributed by atoms with E-state index >= 15 is 0 Å². The third kappa shape index (κ3) is 5.94. The van der Waals surface area contributed by atoms with Crippen LogP contribution in [0, 0.1) is 5.92 Å². The zero-order valence-corrected chi connectivity index (χ0v) is 24.5. The molecular weight excluding hydrogens is 522 g/mol. The van der Waals surface area contributed by atoms with Crippen molar-refractivity contribution < 1.29 is 14.7 Å². The number of aromatic carboxylic acids is 1. The molecule has 210 valence electrons. The summed E-state index contributed by atoms with van der Waals surface area (Å²) in [5, 5.41) is 13.6. The summed E-state index contributed by atoms with van der Waals surface area (Å²) < 4.78 is 2.99. The van der Waals surface area contributed by atoms with Crippen molar-refractivity contribution in [3.63, 3.8) is 0 Å². The molecule has 4 heterocycles. The summed E-state index contributed by atoms with van der Waals surface area (Å²) >= 11 is 1.18. The zero-order chi connectivity index (χ0) is 28.7. The molecule has 0 saturated carbocycles. The van der Waals surface area contributed by atoms with Gasteiger partial charge in [0.2, 0.25) is 0 Å². The molecular formula is C31H37N5O3S. The average Bonchev–Trinajstić information content (AvgIpc) is 3.22. The highest BCUT2D eigenvalue weighted by Crippen LogP contribution is 2.41. The summed E-state index contributed by atoms with van der Waals surface area (Å²) in [5.74, 6) is 0.693. The minimum absolute atomic E-state index is 0.0506. The third-order valence-corrected chi connectivity index (χ3v) is 8.55. The molecule has 3 N–H and O–H groups in total. The van der Waals surface area contributed by atoms with Crippen LogP contribution >= 0.6 is 11.9 Å². The molecule has 1 fully saturated rings. The first-order valence-electron chi connectivity index (χ1n) is 13.7. The number of anilines is 2. The number of benzene rings is 1. The summed E-state index contributed by atoms with van der Waals surface area (Å²) in [7, 11) is 0. The van der Waals surface area contributed by atoms with Crippen molar-refractivity contribution in [3.8, 4) is 0 Å². The van der Waals surface area contributed by atoms with Crippen LogP contribution in [0.2, 0.25) is 0 Å². The largest absolute Gasteiger partial charge is 0.478 e. The van der Waals surface area contributed by atoms with Gasteiger partial charge in [-0.1, -0.05) is 39.0 Å². The molecule has 0 aliphatic carbocycles. The molecule has 1 aromatic carbocycles. The lowest BCUT2D eigenvalue weighted by Gasteiger charge is -2.34. The number of carbonyl (C=O) groups is 2. The second-order valence-corrected chi connectivity index (χ2v) is 13.2. The van der Waals surface area contributed by atoms with E-state index in [1.54, 1.807) is 12.1 Å². The predicted molar refractivity (Wildman–Crippen MR) is 159 cm³/mol. The molecule has 0 spiro atoms. The third-order valence-electron chi connectivity index (χ3n) is 7.82. The first-order chi connectivity index (χ1) is 18.9. The van der Waals surface area contributed by atoms with Crippen molar-refractivity contribution in [1.29, 1.82) is 0 Å². The lowest BCUT2D eigenvalue weighted by Crippen LogP contribution is -2.40. The first kappa shape index (κ1) is 28.0. The number of aromatic nitrogens is 2. The van der Waals surface area contributed by atoms with E-state index in [4.69, 9.17) is 9.97 Å². The number of amides is 1. The SMILES string of the molecule is CC(C)(C)c1ccc2c(n1)N1C[C@@H](CCC(c3ccc(C(=O)O)cc3)Nc3cccc(n3)SNC2=O)CC1(C)C. The van der Waals surface area contributed by atoms with E-state index in [0.717, 1.165) is 42.9 Å². The van der Waals surface area contributed by atoms with E-state index in [-0.39, 0.29) is 28.5 Å². The normalized spacial score (nSPS) is 20.9. The maximum Gasteiger partial charge on any atom is 0.335 e. The van der Waals surface area contributed by atoms with Gasteiger partial charge in [0.15, 0.2) is 0 Å². The molecule has 4 bridgehead atoms. The van der Waals surface area contributed by atoms with Crippen LogP contribution in [0.5, 0.6) is 0 Å². The quantitative estimate of drug-likeness (QED) is 0.307. The van der Waals surface area contributed by atoms with Gasteiger partial charge < -0.3 is 15.3 Å². The van der Waals surface area contributed by atoms with Gasteiger partial charge in [0.05, 0.1) is 17.2 Å². The number of fused-ring (bicyclic) bond motifs is 6. The fourth-order valence-corrected chi connectivity index (χ4v) is 6.27. The van der Waals surface area contributed by atoms with E-state index in [0.29, 0.717) is 22.3 Å². The van der Waals surface area contributed by atoms with Crippen LogP contribution in [0.1, 0.15) is 91.9 Å². The van der Waals surface area contributed by atoms with Crippen LogP contribution in [0.4, 0.5) is 11.6 Å². The Morgan fingerprint density at radius 2 is 1.80 bits per heavy atom. The fourth-order valence-electron chi connectivity index (χ4n) is 5.67. The Labute approximate surface area is 240 Å². The van der Waals surface area contributed by atoms with Gasteiger partial charge in [-0.2, -0.15) is 0 Å². The van der Waals surface area contributed by atoms with Crippen LogP contribution in [0.25, 0.3) is 0 Å². The summed E-state index contributed by atoms with van der Waals surface area (Å²) in [4.78, 5) is 37.1. The number of nitrogens with one attached hydrogen (secondary N) is 2. The van der Waals surface area contributed by atoms with Crippen molar-refractivity contribution in [2.75, 3.05) is 16.8 Å². The van der Waals surface area contributed by atoms with Crippen molar-refractivity contribution in [1.82, 2.24) is 14.7 Å². The zero-order valence-electron chi connectivity index (χ0n) is 23.7. The van der Waals surface area contributed by atoms with E-state index in [9.17, 15) is 14.7 Å². The Morgan fingerprint density at radius 3 is 2.50 bits per heavy atom. The van der Waals surface area contributed by atoms with Crippen molar-refractivity contribution in [2.24, 2.45) is 5.92 Å². The minimum Gasteiger partial charge on any atom is -0.478 e. The molecule has 1 amide bonds. The molecule has 2 aromatic heterocycles. The summed E-state index contributed by atoms with van der Waals surface area (Å²) in [6, 6.07) is 16.6.